The summed E-state index contributed by atoms with van der Waals surface area (Å²) in [6.45, 7) is 5.32. The van der Waals surface area contributed by atoms with Crippen molar-refractivity contribution in [1.82, 2.24) is 14.9 Å². The summed E-state index contributed by atoms with van der Waals surface area (Å²) in [7, 11) is 0. The summed E-state index contributed by atoms with van der Waals surface area (Å²) in [5.41, 5.74) is 0.559. The zero-order valence-corrected chi connectivity index (χ0v) is 24.1. The maximum Gasteiger partial charge on any atom is 0.417 e. The largest absolute Gasteiger partial charge is 0.417 e. The van der Waals surface area contributed by atoms with Gasteiger partial charge in [-0.1, -0.05) is 29.8 Å². The Morgan fingerprint density at radius 1 is 1.00 bits per heavy atom. The lowest BCUT2D eigenvalue weighted by Gasteiger charge is -2.14. The number of aromatic nitrogens is 2. The molecule has 13 heteroatoms. The molecule has 0 radical (unpaired) electrons. The molecule has 2 heterocycles. The van der Waals surface area contributed by atoms with E-state index in [4.69, 9.17) is 11.6 Å². The van der Waals surface area contributed by atoms with E-state index in [1.807, 2.05) is 0 Å². The molecule has 1 aliphatic rings. The zero-order chi connectivity index (χ0) is 29.1. The number of rotatable bonds is 8. The number of anilines is 3. The second-order valence-electron chi connectivity index (χ2n) is 9.84. The lowest BCUT2D eigenvalue weighted by atomic mass is 10.1. The third-order valence-electron chi connectivity index (χ3n) is 7.00. The first-order valence-electron chi connectivity index (χ1n) is 13.1. The Morgan fingerprint density at radius 2 is 1.71 bits per heavy atom. The van der Waals surface area contributed by atoms with Crippen LogP contribution in [0.25, 0.3) is 11.0 Å². The minimum Gasteiger partial charge on any atom is -0.355 e. The van der Waals surface area contributed by atoms with Gasteiger partial charge in [-0.15, -0.1) is 12.4 Å². The summed E-state index contributed by atoms with van der Waals surface area (Å²) < 4.78 is 40.6. The minimum absolute atomic E-state index is 0. The summed E-state index contributed by atoms with van der Waals surface area (Å²) in [6.07, 6.45) is -2.36. The van der Waals surface area contributed by atoms with Crippen molar-refractivity contribution in [2.24, 2.45) is 0 Å². The topological polar surface area (TPSA) is 102 Å². The van der Waals surface area contributed by atoms with E-state index >= 15 is 0 Å². The van der Waals surface area contributed by atoms with Crippen LogP contribution in [0.4, 0.5) is 30.5 Å². The number of nitrogens with one attached hydrogen (secondary N) is 4. The van der Waals surface area contributed by atoms with Crippen molar-refractivity contribution in [2.75, 3.05) is 42.1 Å². The maximum absolute atomic E-state index is 13.5. The van der Waals surface area contributed by atoms with Crippen molar-refractivity contribution >= 4 is 64.2 Å². The second kappa shape index (κ2) is 13.0. The molecule has 0 atom stereocenters. The highest BCUT2D eigenvalue weighted by molar-refractivity contribution is 6.31. The number of carbonyl (C=O) groups excluding carboxylic acids is 2. The van der Waals surface area contributed by atoms with Gasteiger partial charge in [0.1, 0.15) is 5.52 Å². The molecular formula is C29H29Cl2F3N6O2. The van der Waals surface area contributed by atoms with Gasteiger partial charge in [-0.25, -0.2) is 4.98 Å². The zero-order valence-electron chi connectivity index (χ0n) is 22.6. The van der Waals surface area contributed by atoms with Crippen molar-refractivity contribution < 1.29 is 22.8 Å². The van der Waals surface area contributed by atoms with E-state index in [9.17, 15) is 22.8 Å². The highest BCUT2D eigenvalue weighted by Crippen LogP contribution is 2.33. The van der Waals surface area contributed by atoms with Gasteiger partial charge in [0.25, 0.3) is 11.8 Å². The van der Waals surface area contributed by atoms with Crippen LogP contribution in [-0.2, 0) is 6.18 Å². The number of H-pyrrole nitrogens is 1. The van der Waals surface area contributed by atoms with Gasteiger partial charge in [-0.2, -0.15) is 13.2 Å². The number of hydrogen-bond acceptors (Lipinski definition) is 5. The molecule has 5 rings (SSSR count). The van der Waals surface area contributed by atoms with Crippen LogP contribution in [-0.4, -0.2) is 52.9 Å². The Hall–Kier alpha value is -3.80. The molecule has 3 aromatic carbocycles. The van der Waals surface area contributed by atoms with Crippen LogP contribution in [0.2, 0.25) is 5.02 Å². The van der Waals surface area contributed by atoms with Crippen molar-refractivity contribution in [1.29, 1.82) is 0 Å². The molecule has 0 aliphatic carbocycles. The van der Waals surface area contributed by atoms with Gasteiger partial charge in [0.05, 0.1) is 22.2 Å². The number of likely N-dealkylation sites (tertiary alicyclic amines) is 1. The van der Waals surface area contributed by atoms with E-state index in [0.29, 0.717) is 39.8 Å². The van der Waals surface area contributed by atoms with Crippen LogP contribution in [0, 0.1) is 6.92 Å². The summed E-state index contributed by atoms with van der Waals surface area (Å²) in [6, 6.07) is 12.5. The standard InChI is InChI=1S/C29H28ClF3N6O2.ClH/c1-17-22(30)9-6-10-23(17)36-27(41)20-15-18(35-26(40)19-7-2-3-8-21(19)29(31,32)33)16-24-25(20)38-28(37-24)34-11-14-39-12-4-5-13-39;/h2-3,6-10,15-16H,4-5,11-14H2,1H3,(H,35,40)(H,36,41)(H2,34,37,38);1H. The Morgan fingerprint density at radius 3 is 2.45 bits per heavy atom. The van der Waals surface area contributed by atoms with Gasteiger partial charge in [0, 0.05) is 29.5 Å². The van der Waals surface area contributed by atoms with Crippen LogP contribution >= 0.6 is 24.0 Å². The van der Waals surface area contributed by atoms with Gasteiger partial charge in [-0.05, 0) is 74.8 Å². The Labute approximate surface area is 251 Å². The Bertz CT molecular complexity index is 1600. The van der Waals surface area contributed by atoms with Crippen LogP contribution < -0.4 is 16.0 Å². The summed E-state index contributed by atoms with van der Waals surface area (Å²) in [5.74, 6) is -1.06. The predicted octanol–water partition coefficient (Wildman–Crippen LogP) is 6.98. The van der Waals surface area contributed by atoms with Crippen LogP contribution in [0.1, 0.15) is 44.7 Å². The molecular weight excluding hydrogens is 592 g/mol. The van der Waals surface area contributed by atoms with E-state index in [-0.39, 0.29) is 23.7 Å². The highest BCUT2D eigenvalue weighted by atomic mass is 35.5. The first-order valence-corrected chi connectivity index (χ1v) is 13.5. The molecule has 4 aromatic rings. The average Bonchev–Trinajstić information content (AvgIpc) is 3.60. The normalized spacial score (nSPS) is 13.5. The second-order valence-corrected chi connectivity index (χ2v) is 10.3. The first-order chi connectivity index (χ1) is 19.6. The number of amides is 2. The van der Waals surface area contributed by atoms with Crippen molar-refractivity contribution in [2.45, 2.75) is 25.9 Å². The molecule has 1 fully saturated rings. The van der Waals surface area contributed by atoms with Crippen LogP contribution in [0.15, 0.2) is 54.6 Å². The van der Waals surface area contributed by atoms with Gasteiger partial charge in [-0.3, -0.25) is 9.59 Å². The quantitative estimate of drug-likeness (QED) is 0.170. The van der Waals surface area contributed by atoms with Gasteiger partial charge < -0.3 is 25.8 Å². The molecule has 0 bridgehead atoms. The number of aromatic amines is 1. The number of imidazole rings is 1. The first kappa shape index (κ1) is 31.1. The third-order valence-corrected chi connectivity index (χ3v) is 7.41. The SMILES string of the molecule is Cc1c(Cl)cccc1NC(=O)c1cc(NC(=O)c2ccccc2C(F)(F)F)cc2[nH]c(NCCN3CCCC3)nc12.Cl. The summed E-state index contributed by atoms with van der Waals surface area (Å²) in [5, 5.41) is 9.05. The van der Waals surface area contributed by atoms with E-state index in [1.165, 1.54) is 37.1 Å². The van der Waals surface area contributed by atoms with E-state index in [0.717, 1.165) is 31.8 Å². The van der Waals surface area contributed by atoms with Crippen LogP contribution in [0.3, 0.4) is 0 Å². The van der Waals surface area contributed by atoms with E-state index < -0.39 is 29.1 Å². The van der Waals surface area contributed by atoms with E-state index in [1.54, 1.807) is 25.1 Å². The predicted molar refractivity (Wildman–Crippen MR) is 161 cm³/mol. The third kappa shape index (κ3) is 6.97. The minimum atomic E-state index is -4.71. The fourth-order valence-corrected chi connectivity index (χ4v) is 5.02. The number of fused-ring (bicyclic) bond motifs is 1. The maximum atomic E-state index is 13.5. The number of hydrogen-bond donors (Lipinski definition) is 4. The molecule has 4 N–H and O–H groups in total. The average molecular weight is 621 g/mol. The summed E-state index contributed by atoms with van der Waals surface area (Å²) in [4.78, 5) is 36.5. The van der Waals surface area contributed by atoms with Gasteiger partial charge >= 0.3 is 6.18 Å². The number of carbonyl (C=O) groups is 2. The molecule has 0 spiro atoms. The van der Waals surface area contributed by atoms with E-state index in [2.05, 4.69) is 30.8 Å². The molecule has 1 saturated heterocycles. The number of alkyl halides is 3. The monoisotopic (exact) mass is 620 g/mol. The highest BCUT2D eigenvalue weighted by Gasteiger charge is 2.35. The number of nitrogens with zero attached hydrogens (tertiary/aromatic N) is 2. The number of halogens is 5. The van der Waals surface area contributed by atoms with Gasteiger partial charge in [0.2, 0.25) is 5.95 Å². The van der Waals surface area contributed by atoms with Crippen molar-refractivity contribution in [3.63, 3.8) is 0 Å². The Balaban J connectivity index is 0.00000405. The molecule has 1 aromatic heterocycles. The fourth-order valence-electron chi connectivity index (χ4n) is 4.84. The number of benzene rings is 3. The molecule has 1 aliphatic heterocycles. The molecule has 222 valence electrons. The molecule has 0 saturated carbocycles. The lowest BCUT2D eigenvalue weighted by Crippen LogP contribution is -2.26. The van der Waals surface area contributed by atoms with Gasteiger partial charge in [0.15, 0.2) is 0 Å². The van der Waals surface area contributed by atoms with Crippen LogP contribution in [0.5, 0.6) is 0 Å². The lowest BCUT2D eigenvalue weighted by molar-refractivity contribution is -0.137. The Kier molecular flexibility index (Phi) is 9.65. The molecule has 42 heavy (non-hydrogen) atoms. The summed E-state index contributed by atoms with van der Waals surface area (Å²) >= 11 is 6.21. The molecule has 0 unspecified atom stereocenters. The van der Waals surface area contributed by atoms with Crippen molar-refractivity contribution in [3.8, 4) is 0 Å². The fraction of sp³-hybridized carbons (Fsp3) is 0.276. The molecule has 2 amide bonds. The van der Waals surface area contributed by atoms with Crippen molar-refractivity contribution in [3.05, 3.63) is 81.9 Å². The molecule has 8 nitrogen and oxygen atoms in total. The smallest absolute Gasteiger partial charge is 0.355 e.